The monoisotopic (exact) mass is 382 g/mol. The van der Waals surface area contributed by atoms with Gasteiger partial charge in [0.1, 0.15) is 5.75 Å². The molecule has 1 aliphatic heterocycles. The van der Waals surface area contributed by atoms with Gasteiger partial charge in [-0.25, -0.2) is 13.1 Å². The fourth-order valence-electron chi connectivity index (χ4n) is 2.71. The lowest BCUT2D eigenvalue weighted by molar-refractivity contribution is 0.181. The maximum atomic E-state index is 12.4. The van der Waals surface area contributed by atoms with Gasteiger partial charge in [-0.2, -0.15) is 0 Å². The van der Waals surface area contributed by atoms with Crippen molar-refractivity contribution in [3.8, 4) is 5.75 Å². The average molecular weight is 383 g/mol. The summed E-state index contributed by atoms with van der Waals surface area (Å²) in [7, 11) is -2.10. The number of sulfonamides is 1. The van der Waals surface area contributed by atoms with E-state index < -0.39 is 10.0 Å². The maximum absolute atomic E-state index is 12.4. The highest BCUT2D eigenvalue weighted by atomic mass is 35.5. The second kappa shape index (κ2) is 8.03. The van der Waals surface area contributed by atoms with Crippen LogP contribution in [0.5, 0.6) is 5.75 Å². The third kappa shape index (κ3) is 4.97. The van der Waals surface area contributed by atoms with Gasteiger partial charge in [-0.1, -0.05) is 25.4 Å². The molecular formula is C15H24Cl2N2O3S. The van der Waals surface area contributed by atoms with E-state index in [1.165, 1.54) is 19.2 Å². The molecule has 1 fully saturated rings. The van der Waals surface area contributed by atoms with Gasteiger partial charge in [0.05, 0.1) is 17.0 Å². The van der Waals surface area contributed by atoms with Gasteiger partial charge in [0.25, 0.3) is 0 Å². The van der Waals surface area contributed by atoms with Crippen LogP contribution in [0.4, 0.5) is 0 Å². The normalized spacial score (nSPS) is 20.6. The minimum atomic E-state index is -3.59. The Morgan fingerprint density at radius 2 is 2.13 bits per heavy atom. The van der Waals surface area contributed by atoms with Gasteiger partial charge in [-0.3, -0.25) is 0 Å². The van der Waals surface area contributed by atoms with Gasteiger partial charge in [-0.05, 0) is 43.0 Å². The van der Waals surface area contributed by atoms with Gasteiger partial charge in [0, 0.05) is 12.6 Å². The fraction of sp³-hybridized carbons (Fsp3) is 0.600. The van der Waals surface area contributed by atoms with Crippen LogP contribution >= 0.6 is 24.0 Å². The van der Waals surface area contributed by atoms with E-state index >= 15 is 0 Å². The molecule has 0 aromatic heterocycles. The highest BCUT2D eigenvalue weighted by Gasteiger charge is 2.32. The molecule has 0 aliphatic carbocycles. The second-order valence-electron chi connectivity index (χ2n) is 6.25. The van der Waals surface area contributed by atoms with Crippen molar-refractivity contribution in [1.82, 2.24) is 10.0 Å². The van der Waals surface area contributed by atoms with Crippen LogP contribution in [0.15, 0.2) is 23.1 Å². The lowest BCUT2D eigenvalue weighted by Crippen LogP contribution is -2.52. The zero-order valence-electron chi connectivity index (χ0n) is 13.6. The number of methoxy groups -OCH3 is 1. The first-order chi connectivity index (χ1) is 10.3. The third-order valence-electron chi connectivity index (χ3n) is 4.24. The summed E-state index contributed by atoms with van der Waals surface area (Å²) < 4.78 is 32.5. The quantitative estimate of drug-likeness (QED) is 0.821. The second-order valence-corrected chi connectivity index (χ2v) is 8.42. The smallest absolute Gasteiger partial charge is 0.240 e. The largest absolute Gasteiger partial charge is 0.495 e. The summed E-state index contributed by atoms with van der Waals surface area (Å²) in [6, 6.07) is 4.57. The van der Waals surface area contributed by atoms with E-state index in [1.54, 1.807) is 6.07 Å². The van der Waals surface area contributed by atoms with Crippen LogP contribution in [0, 0.1) is 5.41 Å². The van der Waals surface area contributed by atoms with Crippen LogP contribution in [0.3, 0.4) is 0 Å². The molecule has 23 heavy (non-hydrogen) atoms. The summed E-state index contributed by atoms with van der Waals surface area (Å²) in [5.41, 5.74) is 0.0678. The first kappa shape index (κ1) is 20.5. The van der Waals surface area contributed by atoms with Crippen LogP contribution in [0.1, 0.15) is 26.7 Å². The number of ether oxygens (including phenoxy) is 1. The molecule has 1 heterocycles. The van der Waals surface area contributed by atoms with Crippen molar-refractivity contribution >= 4 is 34.0 Å². The molecule has 8 heteroatoms. The third-order valence-corrected chi connectivity index (χ3v) is 5.96. The SMILES string of the molecule is COc1ccc(S(=O)(=O)NCC2NCCCC2(C)C)cc1Cl.Cl. The predicted molar refractivity (Wildman–Crippen MR) is 95.2 cm³/mol. The minimum Gasteiger partial charge on any atom is -0.495 e. The average Bonchev–Trinajstić information content (AvgIpc) is 2.45. The molecule has 1 aromatic rings. The Bertz CT molecular complexity index is 636. The lowest BCUT2D eigenvalue weighted by atomic mass is 9.78. The Balaban J connectivity index is 0.00000264. The first-order valence-corrected chi connectivity index (χ1v) is 9.19. The molecule has 2 rings (SSSR count). The van der Waals surface area contributed by atoms with Crippen molar-refractivity contribution < 1.29 is 13.2 Å². The summed E-state index contributed by atoms with van der Waals surface area (Å²) in [5, 5.41) is 3.67. The van der Waals surface area contributed by atoms with Crippen molar-refractivity contribution in [2.45, 2.75) is 37.6 Å². The number of rotatable bonds is 5. The van der Waals surface area contributed by atoms with Gasteiger partial charge in [0.2, 0.25) is 10.0 Å². The highest BCUT2D eigenvalue weighted by Crippen LogP contribution is 2.30. The van der Waals surface area contributed by atoms with E-state index in [0.29, 0.717) is 12.3 Å². The number of piperidine rings is 1. The number of benzene rings is 1. The molecule has 1 aromatic carbocycles. The van der Waals surface area contributed by atoms with Crippen molar-refractivity contribution in [3.05, 3.63) is 23.2 Å². The van der Waals surface area contributed by atoms with Crippen molar-refractivity contribution in [2.75, 3.05) is 20.2 Å². The van der Waals surface area contributed by atoms with Crippen LogP contribution in [-0.4, -0.2) is 34.7 Å². The van der Waals surface area contributed by atoms with Gasteiger partial charge >= 0.3 is 0 Å². The van der Waals surface area contributed by atoms with Gasteiger partial charge in [0.15, 0.2) is 0 Å². The van der Waals surface area contributed by atoms with E-state index in [-0.39, 0.29) is 33.8 Å². The number of hydrogen-bond donors (Lipinski definition) is 2. The Morgan fingerprint density at radius 1 is 1.43 bits per heavy atom. The van der Waals surface area contributed by atoms with Gasteiger partial charge in [-0.15, -0.1) is 12.4 Å². The van der Waals surface area contributed by atoms with E-state index in [1.807, 2.05) is 0 Å². The zero-order chi connectivity index (χ0) is 16.4. The van der Waals surface area contributed by atoms with E-state index in [4.69, 9.17) is 16.3 Å². The molecule has 5 nitrogen and oxygen atoms in total. The molecule has 2 N–H and O–H groups in total. The molecule has 0 saturated carbocycles. The Kier molecular flexibility index (Phi) is 7.16. The molecule has 1 aliphatic rings. The Morgan fingerprint density at radius 3 is 2.70 bits per heavy atom. The van der Waals surface area contributed by atoms with Crippen LogP contribution < -0.4 is 14.8 Å². The fourth-order valence-corrected chi connectivity index (χ4v) is 4.11. The molecule has 1 atom stereocenters. The van der Waals surface area contributed by atoms with E-state index in [9.17, 15) is 8.42 Å². The molecule has 0 radical (unpaired) electrons. The zero-order valence-corrected chi connectivity index (χ0v) is 15.9. The first-order valence-electron chi connectivity index (χ1n) is 7.33. The van der Waals surface area contributed by atoms with Crippen LogP contribution in [-0.2, 0) is 10.0 Å². The van der Waals surface area contributed by atoms with Crippen LogP contribution in [0.25, 0.3) is 0 Å². The molecular weight excluding hydrogens is 359 g/mol. The summed E-state index contributed by atoms with van der Waals surface area (Å²) in [4.78, 5) is 0.145. The van der Waals surface area contributed by atoms with Crippen LogP contribution in [0.2, 0.25) is 5.02 Å². The number of hydrogen-bond acceptors (Lipinski definition) is 4. The topological polar surface area (TPSA) is 67.4 Å². The highest BCUT2D eigenvalue weighted by molar-refractivity contribution is 7.89. The molecule has 0 amide bonds. The summed E-state index contributed by atoms with van der Waals surface area (Å²) >= 11 is 6.00. The van der Waals surface area contributed by atoms with Crippen molar-refractivity contribution in [1.29, 1.82) is 0 Å². The number of halogens is 2. The summed E-state index contributed by atoms with van der Waals surface area (Å²) in [5.74, 6) is 0.454. The standard InChI is InChI=1S/C15H23ClN2O3S.ClH/c1-15(2)7-4-8-17-14(15)10-18-22(19,20)11-5-6-13(21-3)12(16)9-11;/h5-6,9,14,17-18H,4,7-8,10H2,1-3H3;1H. The van der Waals surface area contributed by atoms with Crippen molar-refractivity contribution in [3.63, 3.8) is 0 Å². The van der Waals surface area contributed by atoms with Gasteiger partial charge < -0.3 is 10.1 Å². The van der Waals surface area contributed by atoms with Crippen molar-refractivity contribution in [2.24, 2.45) is 5.41 Å². The maximum Gasteiger partial charge on any atom is 0.240 e. The summed E-state index contributed by atoms with van der Waals surface area (Å²) in [6.45, 7) is 5.59. The predicted octanol–water partition coefficient (Wildman–Crippen LogP) is 2.83. The number of nitrogens with one attached hydrogen (secondary N) is 2. The van der Waals surface area contributed by atoms with E-state index in [0.717, 1.165) is 19.4 Å². The lowest BCUT2D eigenvalue weighted by Gasteiger charge is -2.39. The molecule has 0 bridgehead atoms. The Hall–Kier alpha value is -0.530. The summed E-state index contributed by atoms with van der Waals surface area (Å²) in [6.07, 6.45) is 2.20. The molecule has 0 spiro atoms. The minimum absolute atomic E-state index is 0. The molecule has 132 valence electrons. The Labute approximate surface area is 149 Å². The molecule has 1 unspecified atom stereocenters. The van der Waals surface area contributed by atoms with E-state index in [2.05, 4.69) is 23.9 Å². The molecule has 1 saturated heterocycles.